The molecule has 4 rings (SSSR count). The Labute approximate surface area is 168 Å². The van der Waals surface area contributed by atoms with Crippen molar-refractivity contribution in [3.8, 4) is 5.75 Å². The molecule has 1 heterocycles. The molecular weight excluding hydrogens is 368 g/mol. The van der Waals surface area contributed by atoms with E-state index >= 15 is 0 Å². The van der Waals surface area contributed by atoms with E-state index in [2.05, 4.69) is 35.2 Å². The molecule has 0 aliphatic rings. The Morgan fingerprint density at radius 2 is 1.68 bits per heavy atom. The molecule has 3 aromatic carbocycles. The number of nitrogens with zero attached hydrogens (tertiary/aromatic N) is 2. The van der Waals surface area contributed by atoms with Gasteiger partial charge in [-0.15, -0.1) is 0 Å². The molecule has 4 aromatic rings. The van der Waals surface area contributed by atoms with Gasteiger partial charge < -0.3 is 9.64 Å². The van der Waals surface area contributed by atoms with Crippen molar-refractivity contribution < 1.29 is 9.53 Å². The number of ether oxygens (including phenoxy) is 1. The van der Waals surface area contributed by atoms with Crippen molar-refractivity contribution in [1.82, 2.24) is 4.98 Å². The molecule has 0 N–H and O–H groups in total. The van der Waals surface area contributed by atoms with E-state index in [0.29, 0.717) is 18.7 Å². The minimum absolute atomic E-state index is 0.531. The van der Waals surface area contributed by atoms with Gasteiger partial charge in [-0.1, -0.05) is 53.8 Å². The maximum absolute atomic E-state index is 10.8. The predicted octanol–water partition coefficient (Wildman–Crippen LogP) is 5.19. The van der Waals surface area contributed by atoms with E-state index in [1.165, 1.54) is 10.3 Å². The fraction of sp³-hybridized carbons (Fsp3) is 0.130. The predicted molar refractivity (Wildman–Crippen MR) is 114 cm³/mol. The zero-order chi connectivity index (χ0) is 19.2. The van der Waals surface area contributed by atoms with E-state index < -0.39 is 0 Å². The Bertz CT molecular complexity index is 1010. The van der Waals surface area contributed by atoms with Crippen LogP contribution in [0.2, 0.25) is 0 Å². The minimum atomic E-state index is 0.531. The standard InChI is InChI=1S/C23H20N2O2S/c26-17-19-10-12-20(13-11-19)27-15-14-25(16-18-6-2-1-3-7-18)23-24-21-8-4-5-9-22(21)28-23/h1-13,17H,14-16H2. The zero-order valence-electron chi connectivity index (χ0n) is 15.3. The molecule has 1 aromatic heterocycles. The summed E-state index contributed by atoms with van der Waals surface area (Å²) in [5, 5.41) is 0.991. The summed E-state index contributed by atoms with van der Waals surface area (Å²) in [6.07, 6.45) is 0.832. The second-order valence-corrected chi connectivity index (χ2v) is 7.42. The lowest BCUT2D eigenvalue weighted by Gasteiger charge is -2.22. The van der Waals surface area contributed by atoms with Gasteiger partial charge in [-0.2, -0.15) is 0 Å². The smallest absolute Gasteiger partial charge is 0.186 e. The Kier molecular flexibility index (Phi) is 5.64. The van der Waals surface area contributed by atoms with E-state index in [9.17, 15) is 4.79 Å². The zero-order valence-corrected chi connectivity index (χ0v) is 16.1. The highest BCUT2D eigenvalue weighted by Gasteiger charge is 2.13. The van der Waals surface area contributed by atoms with Gasteiger partial charge in [0, 0.05) is 12.1 Å². The van der Waals surface area contributed by atoms with Crippen molar-refractivity contribution in [1.29, 1.82) is 0 Å². The Morgan fingerprint density at radius 1 is 0.929 bits per heavy atom. The lowest BCUT2D eigenvalue weighted by atomic mass is 10.2. The number of thiazole rings is 1. The summed E-state index contributed by atoms with van der Waals surface area (Å²) < 4.78 is 7.07. The van der Waals surface area contributed by atoms with Gasteiger partial charge in [0.1, 0.15) is 18.6 Å². The van der Waals surface area contributed by atoms with Gasteiger partial charge >= 0.3 is 0 Å². The molecule has 140 valence electrons. The normalized spacial score (nSPS) is 10.7. The van der Waals surface area contributed by atoms with Gasteiger partial charge in [-0.05, 0) is 42.0 Å². The third kappa shape index (κ3) is 4.38. The molecule has 0 spiro atoms. The van der Waals surface area contributed by atoms with E-state index in [1.807, 2.05) is 36.4 Å². The first-order valence-corrected chi connectivity index (χ1v) is 9.96. The molecule has 4 nitrogen and oxygen atoms in total. The third-order valence-corrected chi connectivity index (χ3v) is 5.51. The van der Waals surface area contributed by atoms with Gasteiger partial charge in [-0.25, -0.2) is 4.98 Å². The molecule has 0 bridgehead atoms. The van der Waals surface area contributed by atoms with Crippen LogP contribution in [0.3, 0.4) is 0 Å². The summed E-state index contributed by atoms with van der Waals surface area (Å²) in [5.41, 5.74) is 2.90. The molecule has 0 amide bonds. The number of fused-ring (bicyclic) bond motifs is 1. The number of hydrogen-bond donors (Lipinski definition) is 0. The summed E-state index contributed by atoms with van der Waals surface area (Å²) in [4.78, 5) is 17.8. The van der Waals surface area contributed by atoms with Crippen LogP contribution in [-0.4, -0.2) is 24.4 Å². The van der Waals surface area contributed by atoms with Crippen molar-refractivity contribution in [2.24, 2.45) is 0 Å². The molecule has 0 radical (unpaired) electrons. The molecule has 28 heavy (non-hydrogen) atoms. The number of para-hydroxylation sites is 1. The molecule has 0 fully saturated rings. The third-order valence-electron chi connectivity index (χ3n) is 4.42. The second kappa shape index (κ2) is 8.67. The summed E-state index contributed by atoms with van der Waals surface area (Å²) >= 11 is 1.70. The van der Waals surface area contributed by atoms with E-state index in [4.69, 9.17) is 9.72 Å². The number of benzene rings is 3. The van der Waals surface area contributed by atoms with Crippen molar-refractivity contribution in [2.75, 3.05) is 18.1 Å². The summed E-state index contributed by atoms with van der Waals surface area (Å²) in [6, 6.07) is 25.7. The van der Waals surface area contributed by atoms with Crippen LogP contribution < -0.4 is 9.64 Å². The van der Waals surface area contributed by atoms with Crippen LogP contribution in [0.5, 0.6) is 5.75 Å². The highest BCUT2D eigenvalue weighted by molar-refractivity contribution is 7.22. The summed E-state index contributed by atoms with van der Waals surface area (Å²) in [7, 11) is 0. The van der Waals surface area contributed by atoms with Crippen LogP contribution in [0.4, 0.5) is 5.13 Å². The van der Waals surface area contributed by atoms with Crippen LogP contribution in [-0.2, 0) is 6.54 Å². The van der Waals surface area contributed by atoms with Crippen LogP contribution >= 0.6 is 11.3 Å². The van der Waals surface area contributed by atoms with Crippen LogP contribution in [0.15, 0.2) is 78.9 Å². The van der Waals surface area contributed by atoms with Gasteiger partial charge in [0.2, 0.25) is 0 Å². The van der Waals surface area contributed by atoms with E-state index in [0.717, 1.165) is 29.2 Å². The van der Waals surface area contributed by atoms with Crippen LogP contribution in [0, 0.1) is 0 Å². The number of rotatable bonds is 8. The quantitative estimate of drug-likeness (QED) is 0.389. The first kappa shape index (κ1) is 18.2. The molecule has 0 unspecified atom stereocenters. The van der Waals surface area contributed by atoms with Crippen LogP contribution in [0.25, 0.3) is 10.2 Å². The van der Waals surface area contributed by atoms with E-state index in [1.54, 1.807) is 23.5 Å². The van der Waals surface area contributed by atoms with Gasteiger partial charge in [0.05, 0.1) is 16.8 Å². The average molecular weight is 388 g/mol. The number of aromatic nitrogens is 1. The fourth-order valence-corrected chi connectivity index (χ4v) is 3.95. The average Bonchev–Trinajstić information content (AvgIpc) is 3.18. The van der Waals surface area contributed by atoms with Gasteiger partial charge in [-0.3, -0.25) is 4.79 Å². The summed E-state index contributed by atoms with van der Waals surface area (Å²) in [5.74, 6) is 0.759. The molecule has 5 heteroatoms. The molecular formula is C23H20N2O2S. The maximum atomic E-state index is 10.8. The first-order chi connectivity index (χ1) is 13.8. The fourth-order valence-electron chi connectivity index (χ4n) is 2.96. The monoisotopic (exact) mass is 388 g/mol. The second-order valence-electron chi connectivity index (χ2n) is 6.41. The molecule has 0 saturated carbocycles. The Balaban J connectivity index is 1.49. The number of aldehydes is 1. The largest absolute Gasteiger partial charge is 0.492 e. The summed E-state index contributed by atoms with van der Waals surface area (Å²) in [6.45, 7) is 2.02. The minimum Gasteiger partial charge on any atom is -0.492 e. The molecule has 0 aliphatic heterocycles. The van der Waals surface area contributed by atoms with Crippen molar-refractivity contribution >= 4 is 33.0 Å². The Hall–Kier alpha value is -3.18. The molecule has 0 atom stereocenters. The highest BCUT2D eigenvalue weighted by Crippen LogP contribution is 2.29. The lowest BCUT2D eigenvalue weighted by molar-refractivity contribution is 0.112. The number of carbonyl (C=O) groups is 1. The highest BCUT2D eigenvalue weighted by atomic mass is 32.1. The number of anilines is 1. The lowest BCUT2D eigenvalue weighted by Crippen LogP contribution is -2.27. The SMILES string of the molecule is O=Cc1ccc(OCCN(Cc2ccccc2)c2nc3ccccc3s2)cc1. The molecule has 0 saturated heterocycles. The first-order valence-electron chi connectivity index (χ1n) is 9.14. The van der Waals surface area contributed by atoms with Gasteiger partial charge in [0.25, 0.3) is 0 Å². The number of carbonyl (C=O) groups excluding carboxylic acids is 1. The Morgan fingerprint density at radius 3 is 2.43 bits per heavy atom. The topological polar surface area (TPSA) is 42.4 Å². The van der Waals surface area contributed by atoms with E-state index in [-0.39, 0.29) is 0 Å². The van der Waals surface area contributed by atoms with Crippen molar-refractivity contribution in [2.45, 2.75) is 6.54 Å². The number of hydrogen-bond acceptors (Lipinski definition) is 5. The molecule has 0 aliphatic carbocycles. The van der Waals surface area contributed by atoms with Gasteiger partial charge in [0.15, 0.2) is 5.13 Å². The van der Waals surface area contributed by atoms with Crippen molar-refractivity contribution in [3.05, 3.63) is 90.0 Å². The van der Waals surface area contributed by atoms with Crippen molar-refractivity contribution in [3.63, 3.8) is 0 Å². The van der Waals surface area contributed by atoms with Crippen LogP contribution in [0.1, 0.15) is 15.9 Å². The maximum Gasteiger partial charge on any atom is 0.186 e.